The van der Waals surface area contributed by atoms with Crippen LogP contribution in [0.3, 0.4) is 0 Å². The zero-order valence-electron chi connectivity index (χ0n) is 25.5. The minimum Gasteiger partial charge on any atom is -0.478 e. The number of piperazine rings is 1. The highest BCUT2D eigenvalue weighted by Crippen LogP contribution is 2.32. The molecule has 238 valence electrons. The van der Waals surface area contributed by atoms with Crippen molar-refractivity contribution in [2.45, 2.75) is 40.3 Å². The Kier molecular flexibility index (Phi) is 10.9. The van der Waals surface area contributed by atoms with Crippen LogP contribution in [0.4, 0.5) is 20.5 Å². The highest BCUT2D eigenvalue weighted by molar-refractivity contribution is 5.89. The largest absolute Gasteiger partial charge is 0.478 e. The summed E-state index contributed by atoms with van der Waals surface area (Å²) in [6.07, 6.45) is 5.83. The Balaban J connectivity index is 0.000000510. The number of hydrogen-bond donors (Lipinski definition) is 3. The quantitative estimate of drug-likeness (QED) is 0.224. The van der Waals surface area contributed by atoms with Crippen LogP contribution in [0.2, 0.25) is 0 Å². The van der Waals surface area contributed by atoms with Gasteiger partial charge in [-0.05, 0) is 51.1 Å². The number of rotatable bonds is 9. The zero-order chi connectivity index (χ0) is 32.7. The lowest BCUT2D eigenvalue weighted by atomic mass is 10.0. The average molecular weight is 623 g/mol. The molecule has 45 heavy (non-hydrogen) atoms. The van der Waals surface area contributed by atoms with Crippen LogP contribution in [0.25, 0.3) is 22.2 Å². The number of carboxylic acid groups (broad SMARTS) is 2. The molecule has 5 rings (SSSR count). The SMILES string of the molecule is CCN1CCN(Cc2cnc(Nc3cc(-c4cc(F)c5nc(C)n(C(C)C)c5c4)c(F)cn3)nc2)CC1.O=C(O)/C=C\C(=O)O. The number of nitrogens with one attached hydrogen (secondary N) is 1. The van der Waals surface area contributed by atoms with E-state index in [4.69, 9.17) is 10.2 Å². The van der Waals surface area contributed by atoms with E-state index in [0.29, 0.717) is 40.8 Å². The van der Waals surface area contributed by atoms with Crippen LogP contribution in [0, 0.1) is 18.6 Å². The van der Waals surface area contributed by atoms with E-state index in [9.17, 15) is 18.4 Å². The fourth-order valence-corrected chi connectivity index (χ4v) is 5.08. The summed E-state index contributed by atoms with van der Waals surface area (Å²) >= 11 is 0. The van der Waals surface area contributed by atoms with Gasteiger partial charge in [-0.25, -0.2) is 38.3 Å². The maximum atomic E-state index is 15.0. The van der Waals surface area contributed by atoms with Crippen molar-refractivity contribution in [1.29, 1.82) is 0 Å². The summed E-state index contributed by atoms with van der Waals surface area (Å²) in [6.45, 7) is 14.1. The number of aliphatic carboxylic acids is 2. The molecule has 3 aromatic heterocycles. The predicted octanol–water partition coefficient (Wildman–Crippen LogP) is 4.65. The maximum absolute atomic E-state index is 15.0. The summed E-state index contributed by atoms with van der Waals surface area (Å²) < 4.78 is 31.7. The van der Waals surface area contributed by atoms with E-state index in [1.54, 1.807) is 24.5 Å². The second-order valence-corrected chi connectivity index (χ2v) is 10.8. The minimum atomic E-state index is -1.26. The van der Waals surface area contributed by atoms with Crippen LogP contribution < -0.4 is 5.32 Å². The molecule has 3 N–H and O–H groups in total. The van der Waals surface area contributed by atoms with E-state index >= 15 is 0 Å². The van der Waals surface area contributed by atoms with Crippen LogP contribution in [-0.2, 0) is 16.1 Å². The lowest BCUT2D eigenvalue weighted by molar-refractivity contribution is -0.134. The van der Waals surface area contributed by atoms with E-state index in [2.05, 4.69) is 42.0 Å². The van der Waals surface area contributed by atoms with Crippen molar-refractivity contribution < 1.29 is 28.6 Å². The summed E-state index contributed by atoms with van der Waals surface area (Å²) in [7, 11) is 0. The van der Waals surface area contributed by atoms with Crippen molar-refractivity contribution in [3.05, 3.63) is 72.0 Å². The number of hydrogen-bond acceptors (Lipinski definition) is 9. The summed E-state index contributed by atoms with van der Waals surface area (Å²) in [4.78, 5) is 41.3. The first kappa shape index (κ1) is 33.1. The number of benzene rings is 1. The smallest absolute Gasteiger partial charge is 0.328 e. The number of anilines is 2. The van der Waals surface area contributed by atoms with E-state index in [-0.39, 0.29) is 17.1 Å². The summed E-state index contributed by atoms with van der Waals surface area (Å²) in [6, 6.07) is 4.71. The zero-order valence-corrected chi connectivity index (χ0v) is 25.5. The van der Waals surface area contributed by atoms with Gasteiger partial charge in [0.05, 0.1) is 11.7 Å². The van der Waals surface area contributed by atoms with Gasteiger partial charge in [0.25, 0.3) is 0 Å². The molecular formula is C31H36F2N8O4. The standard InChI is InChI=1S/C27H32F2N8.C4H4O4/c1-5-35-6-8-36(9-7-35)16-19-13-31-27(32-14-19)34-25-12-21(23(29)15-30-25)20-10-22(28)26-24(11-20)37(17(2)3)18(4)33-26;5-3(6)1-2-4(7)8/h10-15,17H,5-9,16H2,1-4H3,(H,30,31,32,34);1-2H,(H,5,6)(H,7,8)/b;2-1-. The van der Waals surface area contributed by atoms with Crippen molar-refractivity contribution in [2.75, 3.05) is 38.0 Å². The Morgan fingerprint density at radius 2 is 1.56 bits per heavy atom. The third kappa shape index (κ3) is 8.64. The molecule has 0 aliphatic carbocycles. The molecule has 0 saturated carbocycles. The van der Waals surface area contributed by atoms with Crippen molar-refractivity contribution >= 4 is 34.7 Å². The topological polar surface area (TPSA) is 150 Å². The van der Waals surface area contributed by atoms with E-state index in [1.165, 1.54) is 6.07 Å². The first-order chi connectivity index (χ1) is 21.4. The van der Waals surface area contributed by atoms with Crippen LogP contribution >= 0.6 is 0 Å². The van der Waals surface area contributed by atoms with Gasteiger partial charge in [0.15, 0.2) is 5.82 Å². The average Bonchev–Trinajstić information content (AvgIpc) is 3.35. The van der Waals surface area contributed by atoms with Crippen molar-refractivity contribution in [3.8, 4) is 11.1 Å². The van der Waals surface area contributed by atoms with Gasteiger partial charge in [-0.15, -0.1) is 0 Å². The molecule has 0 spiro atoms. The molecule has 14 heteroatoms. The van der Waals surface area contributed by atoms with Gasteiger partial charge in [-0.1, -0.05) is 6.92 Å². The number of aryl methyl sites for hydroxylation is 1. The Bertz CT molecular complexity index is 1670. The van der Waals surface area contributed by atoms with Crippen LogP contribution in [-0.4, -0.2) is 89.2 Å². The minimum absolute atomic E-state index is 0.0835. The van der Waals surface area contributed by atoms with Gasteiger partial charge in [0.2, 0.25) is 5.95 Å². The summed E-state index contributed by atoms with van der Waals surface area (Å²) in [5, 5.41) is 18.7. The molecule has 1 aromatic carbocycles. The molecule has 0 radical (unpaired) electrons. The molecule has 1 saturated heterocycles. The number of halogens is 2. The van der Waals surface area contributed by atoms with Crippen molar-refractivity contribution in [3.63, 3.8) is 0 Å². The predicted molar refractivity (Wildman–Crippen MR) is 165 cm³/mol. The van der Waals surface area contributed by atoms with Gasteiger partial charge >= 0.3 is 11.9 Å². The Morgan fingerprint density at radius 1 is 0.933 bits per heavy atom. The van der Waals surface area contributed by atoms with Gasteiger partial charge in [-0.2, -0.15) is 0 Å². The number of carbonyl (C=O) groups is 2. The molecule has 1 aliphatic heterocycles. The van der Waals surface area contributed by atoms with Gasteiger partial charge in [-0.3, -0.25) is 4.90 Å². The normalized spacial score (nSPS) is 14.1. The molecule has 1 fully saturated rings. The number of fused-ring (bicyclic) bond motifs is 1. The Morgan fingerprint density at radius 3 is 2.13 bits per heavy atom. The van der Waals surface area contributed by atoms with E-state index < -0.39 is 23.6 Å². The van der Waals surface area contributed by atoms with Crippen LogP contribution in [0.1, 0.15) is 38.2 Å². The molecule has 4 aromatic rings. The Labute approximate surface area is 259 Å². The molecule has 0 bridgehead atoms. The second-order valence-electron chi connectivity index (χ2n) is 10.8. The molecule has 12 nitrogen and oxygen atoms in total. The lowest BCUT2D eigenvalue weighted by Crippen LogP contribution is -2.45. The molecule has 4 heterocycles. The van der Waals surface area contributed by atoms with Crippen LogP contribution in [0.15, 0.2) is 48.9 Å². The molecule has 0 atom stereocenters. The number of pyridine rings is 1. The molecular weight excluding hydrogens is 586 g/mol. The highest BCUT2D eigenvalue weighted by Gasteiger charge is 2.18. The third-order valence-corrected chi connectivity index (χ3v) is 7.24. The third-order valence-electron chi connectivity index (χ3n) is 7.24. The van der Waals surface area contributed by atoms with Gasteiger partial charge in [0.1, 0.15) is 23.0 Å². The number of imidazole rings is 1. The highest BCUT2D eigenvalue weighted by atomic mass is 19.1. The first-order valence-electron chi connectivity index (χ1n) is 14.5. The molecule has 1 aliphatic rings. The van der Waals surface area contributed by atoms with Crippen LogP contribution in [0.5, 0.6) is 0 Å². The van der Waals surface area contributed by atoms with Crippen molar-refractivity contribution in [1.82, 2.24) is 34.3 Å². The maximum Gasteiger partial charge on any atom is 0.328 e. The van der Waals surface area contributed by atoms with Gasteiger partial charge < -0.3 is 25.0 Å². The second kappa shape index (κ2) is 14.8. The van der Waals surface area contributed by atoms with Gasteiger partial charge in [0, 0.05) is 74.4 Å². The number of likely N-dealkylation sites (N-methyl/N-ethyl adjacent to an activating group) is 1. The summed E-state index contributed by atoms with van der Waals surface area (Å²) in [5.74, 6) is -2.11. The molecule has 0 unspecified atom stereocenters. The monoisotopic (exact) mass is 622 g/mol. The van der Waals surface area contributed by atoms with E-state index in [0.717, 1.165) is 51.0 Å². The molecule has 0 amide bonds. The fraction of sp³-hybridized carbons (Fsp3) is 0.355. The number of nitrogens with zero attached hydrogens (tertiary/aromatic N) is 7. The summed E-state index contributed by atoms with van der Waals surface area (Å²) in [5.41, 5.74) is 2.58. The first-order valence-corrected chi connectivity index (χ1v) is 14.5. The van der Waals surface area contributed by atoms with E-state index in [1.807, 2.05) is 25.3 Å². The fourth-order valence-electron chi connectivity index (χ4n) is 5.08. The number of carboxylic acids is 2. The number of aromatic nitrogens is 5. The van der Waals surface area contributed by atoms with Crippen molar-refractivity contribution in [2.24, 2.45) is 0 Å². The lowest BCUT2D eigenvalue weighted by Gasteiger charge is -2.33. The Hall–Kier alpha value is -4.82.